The van der Waals surface area contributed by atoms with Crippen molar-refractivity contribution in [1.82, 2.24) is 0 Å². The molecule has 3 nitrogen and oxygen atoms in total. The molecule has 0 fully saturated rings. The molecule has 0 amide bonds. The van der Waals surface area contributed by atoms with Crippen LogP contribution in [0.4, 0.5) is 5.69 Å². The lowest BCUT2D eigenvalue weighted by Gasteiger charge is -2.06. The molecule has 0 saturated heterocycles. The highest BCUT2D eigenvalue weighted by Crippen LogP contribution is 2.26. The molecule has 0 saturated carbocycles. The summed E-state index contributed by atoms with van der Waals surface area (Å²) in [5.74, 6) is 1.52. The molecule has 0 spiro atoms. The van der Waals surface area contributed by atoms with Crippen molar-refractivity contribution in [3.63, 3.8) is 0 Å². The summed E-state index contributed by atoms with van der Waals surface area (Å²) in [6.45, 7) is 0. The van der Waals surface area contributed by atoms with Gasteiger partial charge in [-0.15, -0.1) is 0 Å². The Morgan fingerprint density at radius 2 is 1.67 bits per heavy atom. The van der Waals surface area contributed by atoms with Crippen LogP contribution in [0, 0.1) is 0 Å². The smallest absolute Gasteiger partial charge is 0.136 e. The van der Waals surface area contributed by atoms with Crippen molar-refractivity contribution in [2.24, 2.45) is 4.99 Å². The molecule has 0 bridgehead atoms. The lowest BCUT2D eigenvalue weighted by Crippen LogP contribution is -2.03. The molecule has 5 heteroatoms. The molecule has 0 unspecified atom stereocenters. The van der Waals surface area contributed by atoms with Crippen LogP contribution in [-0.2, 0) is 0 Å². The molecule has 4 aromatic rings. The molecule has 0 radical (unpaired) electrons. The van der Waals surface area contributed by atoms with Crippen LogP contribution in [0.3, 0.4) is 0 Å². The number of hydrogen-bond acceptors (Lipinski definition) is 3. The van der Waals surface area contributed by atoms with Crippen molar-refractivity contribution < 1.29 is 9.15 Å². The fourth-order valence-electron chi connectivity index (χ4n) is 2.79. The normalized spacial score (nSPS) is 11.7. The van der Waals surface area contributed by atoms with E-state index in [4.69, 9.17) is 25.7 Å². The van der Waals surface area contributed by atoms with Gasteiger partial charge in [0.25, 0.3) is 0 Å². The van der Waals surface area contributed by atoms with Crippen LogP contribution in [0.2, 0.25) is 5.02 Å². The maximum atomic E-state index is 6.20. The van der Waals surface area contributed by atoms with Gasteiger partial charge in [-0.2, -0.15) is 0 Å². The predicted octanol–water partition coefficient (Wildman–Crippen LogP) is 6.76. The highest BCUT2D eigenvalue weighted by Gasteiger charge is 2.07. The van der Waals surface area contributed by atoms with Gasteiger partial charge in [-0.05, 0) is 66.7 Å². The Kier molecular flexibility index (Phi) is 5.01. The van der Waals surface area contributed by atoms with Gasteiger partial charge >= 0.3 is 0 Å². The van der Waals surface area contributed by atoms with Crippen LogP contribution in [-0.4, -0.2) is 7.11 Å². The number of benzene rings is 3. The molecule has 134 valence electrons. The third-order valence-corrected chi connectivity index (χ3v) is 4.92. The first kappa shape index (κ1) is 17.8. The Morgan fingerprint density at radius 1 is 0.926 bits per heavy atom. The zero-order valence-corrected chi connectivity index (χ0v) is 16.8. The van der Waals surface area contributed by atoms with E-state index in [-0.39, 0.29) is 0 Å². The first-order chi connectivity index (χ1) is 13.1. The van der Waals surface area contributed by atoms with Crippen LogP contribution in [0.15, 0.2) is 86.7 Å². The highest BCUT2D eigenvalue weighted by atomic mass is 79.9. The van der Waals surface area contributed by atoms with Crippen LogP contribution >= 0.6 is 27.5 Å². The van der Waals surface area contributed by atoms with E-state index in [1.54, 1.807) is 7.11 Å². The largest absolute Gasteiger partial charge is 0.497 e. The Labute approximate surface area is 170 Å². The summed E-state index contributed by atoms with van der Waals surface area (Å²) in [7, 11) is 1.65. The Morgan fingerprint density at radius 3 is 2.37 bits per heavy atom. The molecule has 3 aromatic carbocycles. The molecule has 0 N–H and O–H groups in total. The summed E-state index contributed by atoms with van der Waals surface area (Å²) >= 11 is 9.65. The van der Waals surface area contributed by atoms with E-state index >= 15 is 0 Å². The second kappa shape index (κ2) is 7.59. The van der Waals surface area contributed by atoms with Gasteiger partial charge in [0.05, 0.1) is 18.2 Å². The summed E-state index contributed by atoms with van der Waals surface area (Å²) < 4.78 is 12.4. The van der Waals surface area contributed by atoms with Crippen LogP contribution < -0.4 is 10.1 Å². The average molecular weight is 441 g/mol. The number of fused-ring (bicyclic) bond motifs is 1. The summed E-state index contributed by atoms with van der Waals surface area (Å²) in [6.07, 6.45) is 0. The van der Waals surface area contributed by atoms with E-state index < -0.39 is 0 Å². The van der Waals surface area contributed by atoms with Crippen molar-refractivity contribution in [1.29, 1.82) is 0 Å². The Bertz CT molecular complexity index is 1170. The van der Waals surface area contributed by atoms with Crippen molar-refractivity contribution in [2.45, 2.75) is 0 Å². The predicted molar refractivity (Wildman–Crippen MR) is 113 cm³/mol. The minimum atomic E-state index is 0.641. The quantitative estimate of drug-likeness (QED) is 0.353. The van der Waals surface area contributed by atoms with Crippen molar-refractivity contribution in [3.05, 3.63) is 87.6 Å². The third kappa shape index (κ3) is 3.92. The van der Waals surface area contributed by atoms with Gasteiger partial charge in [0.1, 0.15) is 17.1 Å². The lowest BCUT2D eigenvalue weighted by atomic mass is 10.1. The van der Waals surface area contributed by atoms with Gasteiger partial charge in [0, 0.05) is 26.5 Å². The Balaban J connectivity index is 1.94. The topological polar surface area (TPSA) is 34.7 Å². The number of nitrogens with zero attached hydrogens (tertiary/aromatic N) is 1. The molecule has 4 rings (SSSR count). The minimum absolute atomic E-state index is 0.641. The van der Waals surface area contributed by atoms with Crippen molar-refractivity contribution >= 4 is 44.2 Å². The zero-order valence-electron chi connectivity index (χ0n) is 14.4. The van der Waals surface area contributed by atoms with E-state index in [0.29, 0.717) is 5.02 Å². The van der Waals surface area contributed by atoms with Crippen LogP contribution in [0.5, 0.6) is 5.75 Å². The zero-order chi connectivity index (χ0) is 18.8. The van der Waals surface area contributed by atoms with E-state index in [2.05, 4.69) is 15.9 Å². The second-order valence-corrected chi connectivity index (χ2v) is 7.31. The van der Waals surface area contributed by atoms with Gasteiger partial charge < -0.3 is 9.15 Å². The molecule has 1 heterocycles. The summed E-state index contributed by atoms with van der Waals surface area (Å²) in [6, 6.07) is 23.1. The summed E-state index contributed by atoms with van der Waals surface area (Å²) in [5.41, 5.74) is 2.52. The van der Waals surface area contributed by atoms with Crippen molar-refractivity contribution in [2.75, 3.05) is 7.11 Å². The number of halogens is 2. The standard InChI is InChI=1S/C22H15BrClNO2/c1-26-18-9-2-14(3-10-18)22-13-20(25-17-7-4-15(23)5-8-17)19-12-16(24)6-11-21(19)27-22/h2-13H,1H3. The van der Waals surface area contributed by atoms with Gasteiger partial charge in [0.15, 0.2) is 0 Å². The molecular weight excluding hydrogens is 426 g/mol. The molecule has 0 aliphatic rings. The molecule has 1 aromatic heterocycles. The first-order valence-electron chi connectivity index (χ1n) is 8.30. The molecule has 0 aliphatic carbocycles. The fraction of sp³-hybridized carbons (Fsp3) is 0.0455. The Hall–Kier alpha value is -2.56. The van der Waals surface area contributed by atoms with Gasteiger partial charge in [0.2, 0.25) is 0 Å². The lowest BCUT2D eigenvalue weighted by molar-refractivity contribution is 0.415. The third-order valence-electron chi connectivity index (χ3n) is 4.16. The molecule has 0 aliphatic heterocycles. The number of hydrogen-bond donors (Lipinski definition) is 0. The van der Waals surface area contributed by atoms with Crippen LogP contribution in [0.25, 0.3) is 22.3 Å². The fourth-order valence-corrected chi connectivity index (χ4v) is 3.22. The molecule has 27 heavy (non-hydrogen) atoms. The van der Waals surface area contributed by atoms with E-state index in [1.807, 2.05) is 72.8 Å². The maximum Gasteiger partial charge on any atom is 0.136 e. The number of ether oxygens (including phenoxy) is 1. The van der Waals surface area contributed by atoms with Gasteiger partial charge in [-0.1, -0.05) is 27.5 Å². The van der Waals surface area contributed by atoms with Crippen LogP contribution in [0.1, 0.15) is 0 Å². The van der Waals surface area contributed by atoms with E-state index in [1.165, 1.54) is 0 Å². The van der Waals surface area contributed by atoms with Gasteiger partial charge in [-0.25, -0.2) is 4.99 Å². The number of rotatable bonds is 3. The van der Waals surface area contributed by atoms with E-state index in [0.717, 1.165) is 43.6 Å². The second-order valence-electron chi connectivity index (χ2n) is 5.95. The average Bonchev–Trinajstić information content (AvgIpc) is 2.70. The van der Waals surface area contributed by atoms with E-state index in [9.17, 15) is 0 Å². The van der Waals surface area contributed by atoms with Gasteiger partial charge in [-0.3, -0.25) is 0 Å². The maximum absolute atomic E-state index is 6.20. The monoisotopic (exact) mass is 439 g/mol. The summed E-state index contributed by atoms with van der Waals surface area (Å²) in [5, 5.41) is 2.30. The SMILES string of the molecule is COc1ccc(-c2cc(=Nc3ccc(Br)cc3)c3cc(Cl)ccc3o2)cc1. The summed E-state index contributed by atoms with van der Waals surface area (Å²) in [4.78, 5) is 4.81. The minimum Gasteiger partial charge on any atom is -0.497 e. The van der Waals surface area contributed by atoms with Crippen molar-refractivity contribution in [3.8, 4) is 17.1 Å². The molecule has 0 atom stereocenters. The first-order valence-corrected chi connectivity index (χ1v) is 9.47. The highest BCUT2D eigenvalue weighted by molar-refractivity contribution is 9.10. The molecular formula is C22H15BrClNO2. The number of methoxy groups -OCH3 is 1.